The van der Waals surface area contributed by atoms with E-state index in [2.05, 4.69) is 0 Å². The summed E-state index contributed by atoms with van der Waals surface area (Å²) in [6.45, 7) is -1.10. The second-order valence-corrected chi connectivity index (χ2v) is 16.6. The predicted molar refractivity (Wildman–Crippen MR) is 192 cm³/mol. The molecule has 0 radical (unpaired) electrons. The van der Waals surface area contributed by atoms with Gasteiger partial charge in [-0.05, 0) is 81.2 Å². The van der Waals surface area contributed by atoms with E-state index in [1.807, 2.05) is 48.5 Å². The van der Waals surface area contributed by atoms with Gasteiger partial charge in [0, 0.05) is 21.0 Å². The Hall–Kier alpha value is -4.93. The average molecular weight is 930 g/mol. The van der Waals surface area contributed by atoms with Crippen LogP contribution in [0.5, 0.6) is 17.2 Å². The van der Waals surface area contributed by atoms with Gasteiger partial charge in [-0.15, -0.1) is 0 Å². The van der Waals surface area contributed by atoms with Crippen LogP contribution >= 0.6 is 22.6 Å². The number of rotatable bonds is 13. The van der Waals surface area contributed by atoms with Crippen molar-refractivity contribution in [2.24, 2.45) is 11.8 Å². The molecule has 7 rings (SSSR count). The molecule has 3 aliphatic rings. The Kier molecular flexibility index (Phi) is 11.6. The van der Waals surface area contributed by atoms with Crippen LogP contribution < -0.4 is 19.3 Å². The number of esters is 2. The smallest absolute Gasteiger partial charge is 0.516 e. The van der Waals surface area contributed by atoms with Crippen LogP contribution in [0, 0.1) is 15.4 Å². The Labute approximate surface area is 330 Å². The topological polar surface area (TPSA) is 215 Å². The van der Waals surface area contributed by atoms with E-state index in [1.54, 1.807) is 22.6 Å². The molecule has 296 valence electrons. The largest absolute Gasteiger partial charge is 0.872 e. The number of carbonyl (C=O) groups excluding carboxylic acids is 3. The fourth-order valence-electron chi connectivity index (χ4n) is 6.83. The minimum Gasteiger partial charge on any atom is -0.872 e. The Morgan fingerprint density at radius 1 is 0.696 bits per heavy atom. The fourth-order valence-corrected chi connectivity index (χ4v) is 9.13. The van der Waals surface area contributed by atoms with Crippen molar-refractivity contribution >= 4 is 60.6 Å². The first-order valence-corrected chi connectivity index (χ1v) is 20.3. The summed E-state index contributed by atoms with van der Waals surface area (Å²) in [6.07, 6.45) is 0. The number of carbonyl (C=O) groups is 3. The van der Waals surface area contributed by atoms with Crippen molar-refractivity contribution in [3.8, 4) is 17.2 Å². The number of sulfonamides is 1. The van der Waals surface area contributed by atoms with Crippen LogP contribution in [0.15, 0.2) is 89.8 Å². The standard InChI is InChI=1S/C36H29F3INO13S2/c37-36(38,39)56(49,50)41-33(43)25-11-9-20(18-27(25)42)52-14-16-54-35(45)32-30-23-7-3-1-5-21(23)29(22-6-2-4-8-24(22)30)31(32)34(44)53-15-13-51-19-10-12-28(26(40)17-19)55(46,47)48/h1-12,17-18,29-32,42H,13-16H2,(H,41,43)(H,46,47,48)/p-2. The highest BCUT2D eigenvalue weighted by Crippen LogP contribution is 2.58. The summed E-state index contributed by atoms with van der Waals surface area (Å²) in [4.78, 5) is 39.5. The maximum absolute atomic E-state index is 13.9. The predicted octanol–water partition coefficient (Wildman–Crippen LogP) is 3.92. The molecule has 56 heavy (non-hydrogen) atoms. The molecule has 2 bridgehead atoms. The van der Waals surface area contributed by atoms with Crippen LogP contribution in [0.1, 0.15) is 44.4 Å². The number of halogens is 4. The Morgan fingerprint density at radius 3 is 1.55 bits per heavy atom. The number of benzene rings is 4. The second-order valence-electron chi connectivity index (χ2n) is 12.4. The molecule has 3 aliphatic carbocycles. The van der Waals surface area contributed by atoms with Crippen molar-refractivity contribution in [2.75, 3.05) is 26.4 Å². The molecule has 2 unspecified atom stereocenters. The molecular formula is C36H27F3INO13S2-2. The fraction of sp³-hybridized carbons (Fsp3) is 0.250. The minimum atomic E-state index is -6.05. The molecule has 4 aromatic rings. The summed E-state index contributed by atoms with van der Waals surface area (Å²) in [5.74, 6) is -7.61. The third-order valence-corrected chi connectivity index (χ3v) is 12.3. The summed E-state index contributed by atoms with van der Waals surface area (Å²) in [6, 6.07) is 21.1. The van der Waals surface area contributed by atoms with Gasteiger partial charge in [0.2, 0.25) is 0 Å². The zero-order chi connectivity index (χ0) is 40.6. The zero-order valence-corrected chi connectivity index (χ0v) is 32.1. The molecule has 0 fully saturated rings. The molecule has 14 nitrogen and oxygen atoms in total. The number of alkyl halides is 3. The van der Waals surface area contributed by atoms with Crippen LogP contribution in [0.3, 0.4) is 0 Å². The van der Waals surface area contributed by atoms with Gasteiger partial charge in [0.25, 0.3) is 5.91 Å². The number of nitrogens with one attached hydrogen (secondary N) is 1. The summed E-state index contributed by atoms with van der Waals surface area (Å²) in [5, 5.41) is 12.4. The minimum absolute atomic E-state index is 0.144. The number of hydrogen-bond acceptors (Lipinski definition) is 13. The molecule has 0 saturated heterocycles. The lowest BCUT2D eigenvalue weighted by Crippen LogP contribution is -2.48. The van der Waals surface area contributed by atoms with Crippen molar-refractivity contribution in [1.82, 2.24) is 4.72 Å². The molecule has 0 aliphatic heterocycles. The van der Waals surface area contributed by atoms with Crippen LogP contribution in [-0.2, 0) is 39.2 Å². The maximum Gasteiger partial charge on any atom is 0.516 e. The van der Waals surface area contributed by atoms with E-state index in [-0.39, 0.29) is 41.5 Å². The molecule has 1 amide bonds. The van der Waals surface area contributed by atoms with Gasteiger partial charge in [-0.3, -0.25) is 14.4 Å². The SMILES string of the molecule is O=C(NS(=O)(=O)C(F)(F)F)c1ccc(OCCOC(=O)C2C3c4ccccc4C(c4ccccc43)C2C(=O)OCCOc2ccc(S(=O)(=O)[O-])c(I)c2)cc1[O-]. The molecular weight excluding hydrogens is 902 g/mol. The van der Waals surface area contributed by atoms with Gasteiger partial charge in [0.05, 0.1) is 16.7 Å². The average Bonchev–Trinajstić information content (AvgIpc) is 3.13. The molecule has 20 heteroatoms. The first kappa shape index (κ1) is 40.7. The third kappa shape index (κ3) is 8.27. The van der Waals surface area contributed by atoms with Gasteiger partial charge in [0.15, 0.2) is 0 Å². The van der Waals surface area contributed by atoms with Gasteiger partial charge < -0.3 is 28.6 Å². The first-order valence-electron chi connectivity index (χ1n) is 16.4. The number of hydrogen-bond donors (Lipinski definition) is 1. The van der Waals surface area contributed by atoms with Gasteiger partial charge in [-0.25, -0.2) is 13.1 Å². The summed E-state index contributed by atoms with van der Waals surface area (Å²) in [7, 11) is -10.7. The van der Waals surface area contributed by atoms with E-state index in [4.69, 9.17) is 18.9 Å². The van der Waals surface area contributed by atoms with E-state index >= 15 is 0 Å². The van der Waals surface area contributed by atoms with E-state index in [0.29, 0.717) is 0 Å². The van der Waals surface area contributed by atoms with Gasteiger partial charge in [0.1, 0.15) is 48.0 Å². The van der Waals surface area contributed by atoms with Crippen molar-refractivity contribution in [1.29, 1.82) is 0 Å². The van der Waals surface area contributed by atoms with Crippen LogP contribution in [0.25, 0.3) is 0 Å². The van der Waals surface area contributed by atoms with Crippen molar-refractivity contribution in [2.45, 2.75) is 22.2 Å². The Morgan fingerprint density at radius 2 is 1.14 bits per heavy atom. The molecule has 2 atom stereocenters. The lowest BCUT2D eigenvalue weighted by Gasteiger charge is -2.48. The maximum atomic E-state index is 13.9. The highest BCUT2D eigenvalue weighted by atomic mass is 127. The summed E-state index contributed by atoms with van der Waals surface area (Å²) >= 11 is 1.69. The number of fused-ring (bicyclic) bond motifs is 1. The monoisotopic (exact) mass is 929 g/mol. The molecule has 4 aromatic carbocycles. The van der Waals surface area contributed by atoms with Crippen LogP contribution in [0.4, 0.5) is 13.2 Å². The highest BCUT2D eigenvalue weighted by molar-refractivity contribution is 14.1. The van der Waals surface area contributed by atoms with Crippen molar-refractivity contribution in [3.05, 3.63) is 116 Å². The van der Waals surface area contributed by atoms with Crippen molar-refractivity contribution < 1.29 is 73.0 Å². The zero-order valence-electron chi connectivity index (χ0n) is 28.4. The lowest BCUT2D eigenvalue weighted by molar-refractivity contribution is -0.268. The summed E-state index contributed by atoms with van der Waals surface area (Å²) < 4.78 is 118. The molecule has 1 N–H and O–H groups in total. The van der Waals surface area contributed by atoms with Crippen LogP contribution in [-0.4, -0.2) is 71.2 Å². The number of ether oxygens (including phenoxy) is 4. The Balaban J connectivity index is 1.14. The quantitative estimate of drug-likeness (QED) is 0.0873. The number of amides is 1. The van der Waals surface area contributed by atoms with Gasteiger partial charge in [-0.2, -0.15) is 21.6 Å². The van der Waals surface area contributed by atoms with E-state index < -0.39 is 83.4 Å². The van der Waals surface area contributed by atoms with Crippen molar-refractivity contribution in [3.63, 3.8) is 0 Å². The molecule has 0 aromatic heterocycles. The second kappa shape index (κ2) is 15.9. The van der Waals surface area contributed by atoms with Gasteiger partial charge >= 0.3 is 27.5 Å². The van der Waals surface area contributed by atoms with Crippen LogP contribution in [0.2, 0.25) is 0 Å². The van der Waals surface area contributed by atoms with E-state index in [9.17, 15) is 54.0 Å². The van der Waals surface area contributed by atoms with E-state index in [0.717, 1.165) is 51.2 Å². The first-order chi connectivity index (χ1) is 26.4. The summed E-state index contributed by atoms with van der Waals surface area (Å²) in [5.41, 5.74) is -3.34. The van der Waals surface area contributed by atoms with E-state index in [1.165, 1.54) is 12.1 Å². The third-order valence-electron chi connectivity index (χ3n) is 9.08. The molecule has 0 saturated carbocycles. The normalized spacial score (nSPS) is 18.6. The molecule has 0 spiro atoms. The Bertz CT molecular complexity index is 2380. The lowest BCUT2D eigenvalue weighted by atomic mass is 9.54. The van der Waals surface area contributed by atoms with Gasteiger partial charge in [-0.1, -0.05) is 54.3 Å². The highest BCUT2D eigenvalue weighted by Gasteiger charge is 2.56. The molecule has 0 heterocycles.